The van der Waals surface area contributed by atoms with Crippen LogP contribution in [0.25, 0.3) is 0 Å². The van der Waals surface area contributed by atoms with Gasteiger partial charge < -0.3 is 81.7 Å². The Hall–Kier alpha value is -4.14. The molecule has 0 saturated heterocycles. The summed E-state index contributed by atoms with van der Waals surface area (Å²) in [4.78, 5) is 40.3. The number of hydrogen-bond acceptors (Lipinski definition) is 14. The number of hydrogen-bond donors (Lipinski definition) is 12. The third kappa shape index (κ3) is 23.8. The summed E-state index contributed by atoms with van der Waals surface area (Å²) in [5, 5.41) is 55.7. The van der Waals surface area contributed by atoms with Crippen LogP contribution < -0.4 is 42.0 Å². The van der Waals surface area contributed by atoms with Crippen molar-refractivity contribution in [1.29, 1.82) is 0 Å². The fraction of sp³-hybridized carbons (Fsp3) is 0.871. The van der Waals surface area contributed by atoms with E-state index in [1.807, 2.05) is 0 Å². The molecule has 0 aromatic carbocycles. The molecule has 74 heavy (non-hydrogen) atoms. The zero-order chi connectivity index (χ0) is 57.3. The fourth-order valence-corrected chi connectivity index (χ4v) is 4.47. The van der Waals surface area contributed by atoms with E-state index in [4.69, 9.17) is 30.4 Å². The second kappa shape index (κ2) is 34.5. The number of carboxylic acids is 4. The molecule has 0 atom stereocenters. The molecule has 0 bridgehead atoms. The van der Waals surface area contributed by atoms with E-state index in [0.29, 0.717) is 27.7 Å². The van der Waals surface area contributed by atoms with Gasteiger partial charge in [0.1, 0.15) is 0 Å². The topological polar surface area (TPSA) is 423 Å². The number of halogens is 24. The normalized spacial score (nSPS) is 12.4. The third-order valence-electron chi connectivity index (χ3n) is 9.73. The van der Waals surface area contributed by atoms with Crippen molar-refractivity contribution in [3.63, 3.8) is 0 Å². The van der Waals surface area contributed by atoms with Gasteiger partial charge in [-0.25, -0.2) is 0 Å². The van der Waals surface area contributed by atoms with Gasteiger partial charge in [-0.2, -0.15) is 105 Å². The number of carboxylic acid groups (broad SMARTS) is 4. The zero-order valence-corrected chi connectivity index (χ0v) is 40.0. The first kappa shape index (κ1) is 99.0. The van der Waals surface area contributed by atoms with Crippen molar-refractivity contribution in [3.8, 4) is 0 Å². The highest BCUT2D eigenvalue weighted by atomic mass is 19.4. The minimum Gasteiger partial charge on any atom is -0.549 e. The van der Waals surface area contributed by atoms with Crippen molar-refractivity contribution in [2.24, 2.45) is 21.7 Å². The second-order valence-electron chi connectivity index (χ2n) is 13.1. The van der Waals surface area contributed by atoms with Crippen LogP contribution in [0.15, 0.2) is 0 Å². The molecule has 43 heteroatoms. The van der Waals surface area contributed by atoms with Gasteiger partial charge >= 0.3 is 74.6 Å². The van der Waals surface area contributed by atoms with Gasteiger partial charge in [0.25, 0.3) is 16.2 Å². The maximum atomic E-state index is 12.0. The first-order valence-electron chi connectivity index (χ1n) is 17.8. The van der Waals surface area contributed by atoms with Gasteiger partial charge in [-0.1, -0.05) is 27.7 Å². The van der Waals surface area contributed by atoms with E-state index in [0.717, 1.165) is 0 Å². The molecule has 0 aromatic rings. The third-order valence-corrected chi connectivity index (χ3v) is 9.73. The largest absolute Gasteiger partial charge is 0.631 e. The number of carbonyl (C=O) groups is 4. The summed E-state index contributed by atoms with van der Waals surface area (Å²) in [7, 11) is 0.125. The molecule has 0 fully saturated rings. The molecule has 0 aliphatic carbocycles. The maximum Gasteiger partial charge on any atom is 0.631 e. The number of nitrogens with zero attached hydrogens (tertiary/aromatic N) is 1. The highest BCUT2D eigenvalue weighted by molar-refractivity contribution is 6.30. The fourth-order valence-electron chi connectivity index (χ4n) is 4.47. The Balaban J connectivity index is -0.0000000630. The second-order valence-corrected chi connectivity index (χ2v) is 13.1. The van der Waals surface area contributed by atoms with Crippen molar-refractivity contribution in [3.05, 3.63) is 0 Å². The molecule has 0 amide bonds. The Kier molecular flexibility index (Phi) is 46.1. The van der Waals surface area contributed by atoms with Crippen LogP contribution in [0.1, 0.15) is 74.1 Å². The Morgan fingerprint density at radius 3 is 0.459 bits per heavy atom. The predicted octanol–water partition coefficient (Wildman–Crippen LogP) is 9.45. The van der Waals surface area contributed by atoms with Gasteiger partial charge in [0.15, 0.2) is 5.41 Å². The molecule has 0 radical (unpaired) electrons. The molecule has 0 rings (SSSR count). The van der Waals surface area contributed by atoms with E-state index in [9.17, 15) is 130 Å². The number of carbonyl (C=O) groups excluding carboxylic acids is 1. The zero-order valence-electron chi connectivity index (χ0n) is 40.0. The van der Waals surface area contributed by atoms with Crippen LogP contribution in [0.3, 0.4) is 0 Å². The lowest BCUT2D eigenvalue weighted by Gasteiger charge is -2.36. The van der Waals surface area contributed by atoms with Crippen LogP contribution in [0.5, 0.6) is 0 Å². The molecular formula is C31H62BF24N7O11. The highest BCUT2D eigenvalue weighted by Crippen LogP contribution is 2.55. The van der Waals surface area contributed by atoms with Gasteiger partial charge in [-0.3, -0.25) is 14.4 Å². The Labute approximate surface area is 405 Å². The van der Waals surface area contributed by atoms with E-state index in [-0.39, 0.29) is 36.9 Å². The lowest BCUT2D eigenvalue weighted by molar-refractivity contribution is -0.904. The van der Waals surface area contributed by atoms with Crippen LogP contribution in [-0.4, -0.2) is 142 Å². The molecular weight excluding hydrogens is 1110 g/mol. The average molecular weight is 1180 g/mol. The summed E-state index contributed by atoms with van der Waals surface area (Å²) >= 11 is 0. The van der Waals surface area contributed by atoms with Crippen molar-refractivity contribution >= 4 is 31.2 Å². The SMILES string of the molecule is CCC(C(=O)O)(C(F)(F)F)C(F)(F)F.CCC(C(=O)O)(C(F)(F)F)C(F)(F)F.CCC(C(=O)O)(C(F)(F)F)C(F)(F)F.CCC(C(=O)[O-])(C(F)(F)F)C(F)(F)F.CC[N+](C)(CC)CC.N.N.N.N.N.N.OB(O)O. The van der Waals surface area contributed by atoms with Gasteiger partial charge in [-0.05, 0) is 46.5 Å². The lowest BCUT2D eigenvalue weighted by Crippen LogP contribution is -2.60. The number of quaternary nitrogens is 1. The van der Waals surface area contributed by atoms with Gasteiger partial charge in [0, 0.05) is 0 Å². The van der Waals surface area contributed by atoms with Gasteiger partial charge in [-0.15, -0.1) is 0 Å². The molecule has 0 unspecified atom stereocenters. The molecule has 458 valence electrons. The smallest absolute Gasteiger partial charge is 0.549 e. The molecule has 0 saturated carbocycles. The van der Waals surface area contributed by atoms with E-state index >= 15 is 0 Å². The van der Waals surface area contributed by atoms with Crippen LogP contribution in [-0.2, 0) is 19.2 Å². The molecule has 0 aliphatic rings. The Morgan fingerprint density at radius 1 is 0.351 bits per heavy atom. The van der Waals surface area contributed by atoms with Crippen molar-refractivity contribution < 1.29 is 165 Å². The van der Waals surface area contributed by atoms with Crippen LogP contribution in [0.4, 0.5) is 105 Å². The molecule has 18 nitrogen and oxygen atoms in total. The highest BCUT2D eigenvalue weighted by Gasteiger charge is 2.77. The van der Waals surface area contributed by atoms with Crippen LogP contribution in [0.2, 0.25) is 0 Å². The summed E-state index contributed by atoms with van der Waals surface area (Å²) in [5.74, 6) is -12.0. The summed E-state index contributed by atoms with van der Waals surface area (Å²) in [6.45, 7) is 12.6. The molecule has 0 aromatic heterocycles. The molecule has 24 N–H and O–H groups in total. The van der Waals surface area contributed by atoms with Crippen molar-refractivity contribution in [2.45, 2.75) is 124 Å². The van der Waals surface area contributed by atoms with Crippen LogP contribution in [0, 0.1) is 21.7 Å². The van der Waals surface area contributed by atoms with Crippen molar-refractivity contribution in [2.75, 3.05) is 26.7 Å². The van der Waals surface area contributed by atoms with E-state index in [1.165, 1.54) is 24.1 Å². The minimum atomic E-state index is -5.92. The molecule has 0 heterocycles. The van der Waals surface area contributed by atoms with Crippen molar-refractivity contribution in [1.82, 2.24) is 36.9 Å². The summed E-state index contributed by atoms with van der Waals surface area (Å²) in [6, 6.07) is 0. The standard InChI is InChI=1S/C7H18N.4C6H6F6O2.BH3O3.6H3N/c1-5-8(4,6-2)7-3;4*1-2-4(3(13)14,5(7,8)9)6(10,11)12;2-1(3)4;;;;;;/h5-7H2,1-4H3;4*2H2,1H3,(H,13,14);2-4H;6*1H3/q+1;;;;;;;;;;;/p-1. The number of alkyl halides is 24. The summed E-state index contributed by atoms with van der Waals surface area (Å²) < 4.78 is 289. The molecule has 0 spiro atoms. The Bertz CT molecular complexity index is 1290. The van der Waals surface area contributed by atoms with Gasteiger partial charge in [0.05, 0.1) is 32.7 Å². The van der Waals surface area contributed by atoms with Gasteiger partial charge in [0.2, 0.25) is 0 Å². The first-order valence-corrected chi connectivity index (χ1v) is 17.8. The minimum absolute atomic E-state index is 0. The van der Waals surface area contributed by atoms with E-state index in [1.54, 1.807) is 0 Å². The first-order chi connectivity index (χ1) is 29.4. The Morgan fingerprint density at radius 2 is 0.459 bits per heavy atom. The predicted molar refractivity (Wildman–Crippen MR) is 208 cm³/mol. The lowest BCUT2D eigenvalue weighted by atomic mass is 9.83. The average Bonchev–Trinajstić information content (AvgIpc) is 3.05. The van der Waals surface area contributed by atoms with E-state index < -0.39 is 128 Å². The quantitative estimate of drug-likeness (QED) is 0.0520. The number of rotatable bonds is 11. The molecule has 0 aliphatic heterocycles. The van der Waals surface area contributed by atoms with Crippen LogP contribution >= 0.6 is 0 Å². The number of aliphatic carboxylic acids is 4. The summed E-state index contributed by atoms with van der Waals surface area (Å²) in [5.41, 5.74) is -18.8. The maximum absolute atomic E-state index is 12.0. The van der Waals surface area contributed by atoms with E-state index in [2.05, 4.69) is 27.8 Å². The monoisotopic (exact) mass is 1180 g/mol. The summed E-state index contributed by atoms with van der Waals surface area (Å²) in [6.07, 6.45) is -53.4.